The fourth-order valence-corrected chi connectivity index (χ4v) is 1.96. The first-order valence-electron chi connectivity index (χ1n) is 5.38. The second kappa shape index (κ2) is 3.85. The fraction of sp³-hybridized carbons (Fsp3) is 0.167. The summed E-state index contributed by atoms with van der Waals surface area (Å²) in [5, 5.41) is 9.35. The first-order valence-corrected chi connectivity index (χ1v) is 5.38. The quantitative estimate of drug-likeness (QED) is 0.532. The third-order valence-corrected chi connectivity index (χ3v) is 2.76. The average molecular weight is 246 g/mol. The molecule has 0 saturated carbocycles. The van der Waals surface area contributed by atoms with Crippen molar-refractivity contribution in [2.75, 3.05) is 0 Å². The number of benzene rings is 1. The van der Waals surface area contributed by atoms with Crippen LogP contribution in [-0.4, -0.2) is 16.1 Å². The lowest BCUT2D eigenvalue weighted by Crippen LogP contribution is -2.20. The second-order valence-corrected chi connectivity index (χ2v) is 4.02. The normalized spacial score (nSPS) is 11.2. The summed E-state index contributed by atoms with van der Waals surface area (Å²) in [5.41, 5.74) is 4.49. The van der Waals surface area contributed by atoms with Crippen LogP contribution in [-0.2, 0) is 11.2 Å². The molecule has 3 rings (SSSR count). The van der Waals surface area contributed by atoms with Gasteiger partial charge in [-0.2, -0.15) is 0 Å². The van der Waals surface area contributed by atoms with Crippen LogP contribution in [0.2, 0.25) is 0 Å². The van der Waals surface area contributed by atoms with Gasteiger partial charge in [-0.05, 0) is 24.6 Å². The molecule has 0 aliphatic heterocycles. The van der Waals surface area contributed by atoms with E-state index in [9.17, 15) is 4.79 Å². The molecule has 0 bridgehead atoms. The van der Waals surface area contributed by atoms with Gasteiger partial charge in [-0.25, -0.2) is 10.5 Å². The molecule has 92 valence electrons. The van der Waals surface area contributed by atoms with Gasteiger partial charge in [0, 0.05) is 0 Å². The van der Waals surface area contributed by atoms with E-state index in [4.69, 9.17) is 14.0 Å². The third kappa shape index (κ3) is 1.54. The summed E-state index contributed by atoms with van der Waals surface area (Å²) < 4.78 is 10.8. The van der Waals surface area contributed by atoms with Crippen LogP contribution in [0.15, 0.2) is 27.2 Å². The minimum atomic E-state index is -0.568. The molecule has 0 aliphatic rings. The lowest BCUT2D eigenvalue weighted by molar-refractivity contribution is -0.128. The number of fused-ring (bicyclic) bond motifs is 3. The summed E-state index contributed by atoms with van der Waals surface area (Å²) in [4.78, 5) is 15.3. The zero-order valence-electron chi connectivity index (χ0n) is 9.56. The zero-order chi connectivity index (χ0) is 12.7. The van der Waals surface area contributed by atoms with E-state index in [1.807, 2.05) is 6.92 Å². The van der Waals surface area contributed by atoms with Crippen molar-refractivity contribution in [1.29, 1.82) is 0 Å². The van der Waals surface area contributed by atoms with Gasteiger partial charge in [-0.3, -0.25) is 10.0 Å². The maximum absolute atomic E-state index is 11.1. The molecule has 2 heterocycles. The molecule has 3 aromatic rings. The molecular weight excluding hydrogens is 236 g/mol. The number of hydrogen-bond donors (Lipinski definition) is 2. The van der Waals surface area contributed by atoms with Gasteiger partial charge in [0.25, 0.3) is 5.91 Å². The lowest BCUT2D eigenvalue weighted by atomic mass is 10.2. The molecule has 2 aromatic heterocycles. The molecule has 0 atom stereocenters. The van der Waals surface area contributed by atoms with Gasteiger partial charge in [0.15, 0.2) is 5.58 Å². The summed E-state index contributed by atoms with van der Waals surface area (Å²) in [7, 11) is 0. The molecule has 6 heteroatoms. The summed E-state index contributed by atoms with van der Waals surface area (Å²) in [5.74, 6) is -0.314. The van der Waals surface area contributed by atoms with Crippen molar-refractivity contribution in [1.82, 2.24) is 10.5 Å². The summed E-state index contributed by atoms with van der Waals surface area (Å²) in [6, 6.07) is 3.54. The number of aromatic nitrogens is 1. The van der Waals surface area contributed by atoms with E-state index in [1.54, 1.807) is 23.9 Å². The van der Waals surface area contributed by atoms with Crippen molar-refractivity contribution < 1.29 is 18.8 Å². The van der Waals surface area contributed by atoms with Crippen LogP contribution in [0, 0.1) is 6.92 Å². The van der Waals surface area contributed by atoms with E-state index in [0.29, 0.717) is 11.1 Å². The van der Waals surface area contributed by atoms with Crippen molar-refractivity contribution >= 4 is 28.0 Å². The number of rotatable bonds is 2. The molecule has 0 unspecified atom stereocenters. The Kier molecular flexibility index (Phi) is 2.31. The number of carbonyl (C=O) groups is 1. The zero-order valence-corrected chi connectivity index (χ0v) is 9.56. The smallest absolute Gasteiger partial charge is 0.252 e. The Morgan fingerprint density at radius 3 is 3.00 bits per heavy atom. The maximum Gasteiger partial charge on any atom is 0.252 e. The number of oxazole rings is 1. The first-order chi connectivity index (χ1) is 8.69. The van der Waals surface area contributed by atoms with Crippen molar-refractivity contribution in [2.24, 2.45) is 0 Å². The van der Waals surface area contributed by atoms with E-state index in [1.165, 1.54) is 0 Å². The van der Waals surface area contributed by atoms with Crippen molar-refractivity contribution in [2.45, 2.75) is 13.3 Å². The molecule has 6 nitrogen and oxygen atoms in total. The van der Waals surface area contributed by atoms with Crippen LogP contribution >= 0.6 is 0 Å². The van der Waals surface area contributed by atoms with Gasteiger partial charge < -0.3 is 8.83 Å². The highest BCUT2D eigenvalue weighted by molar-refractivity contribution is 6.03. The predicted octanol–water partition coefficient (Wildman–Crippen LogP) is 1.93. The number of nitrogens with zero attached hydrogens (tertiary/aromatic N) is 1. The Morgan fingerprint density at radius 1 is 1.44 bits per heavy atom. The molecule has 1 amide bonds. The summed E-state index contributed by atoms with van der Waals surface area (Å²) in [6.45, 7) is 1.92. The minimum absolute atomic E-state index is 0.108. The highest BCUT2D eigenvalue weighted by atomic mass is 16.5. The van der Waals surface area contributed by atoms with E-state index in [0.717, 1.165) is 16.5 Å². The number of amides is 1. The van der Waals surface area contributed by atoms with E-state index in [-0.39, 0.29) is 12.3 Å². The summed E-state index contributed by atoms with van der Waals surface area (Å²) in [6.07, 6.45) is 1.54. The van der Waals surface area contributed by atoms with Crippen molar-refractivity contribution in [3.63, 3.8) is 0 Å². The van der Waals surface area contributed by atoms with E-state index >= 15 is 0 Å². The Morgan fingerprint density at radius 2 is 2.22 bits per heavy atom. The second-order valence-electron chi connectivity index (χ2n) is 4.02. The molecule has 0 aliphatic carbocycles. The highest BCUT2D eigenvalue weighted by Gasteiger charge is 2.14. The third-order valence-electron chi connectivity index (χ3n) is 2.76. The number of hydrogen-bond acceptors (Lipinski definition) is 5. The topological polar surface area (TPSA) is 88.5 Å². The number of aryl methyl sites for hydroxylation is 1. The van der Waals surface area contributed by atoms with Crippen LogP contribution in [0.5, 0.6) is 0 Å². The van der Waals surface area contributed by atoms with E-state index < -0.39 is 5.91 Å². The average Bonchev–Trinajstić information content (AvgIpc) is 2.92. The van der Waals surface area contributed by atoms with Crippen molar-refractivity contribution in [3.05, 3.63) is 29.9 Å². The van der Waals surface area contributed by atoms with Crippen LogP contribution in [0.3, 0.4) is 0 Å². The largest absolute Gasteiger partial charge is 0.464 e. The minimum Gasteiger partial charge on any atom is -0.464 e. The van der Waals surface area contributed by atoms with Gasteiger partial charge >= 0.3 is 0 Å². The Bertz CT molecular complexity index is 741. The van der Waals surface area contributed by atoms with Crippen molar-refractivity contribution in [3.8, 4) is 0 Å². The number of nitrogens with one attached hydrogen (secondary N) is 1. The Balaban J connectivity index is 2.19. The van der Waals surface area contributed by atoms with Crippen LogP contribution in [0.1, 0.15) is 11.5 Å². The van der Waals surface area contributed by atoms with Gasteiger partial charge in [-0.15, -0.1) is 0 Å². The molecule has 1 aromatic carbocycles. The van der Waals surface area contributed by atoms with Crippen LogP contribution in [0.25, 0.3) is 22.1 Å². The van der Waals surface area contributed by atoms with Crippen LogP contribution in [0.4, 0.5) is 0 Å². The van der Waals surface area contributed by atoms with Gasteiger partial charge in [-0.1, -0.05) is 0 Å². The highest BCUT2D eigenvalue weighted by Crippen LogP contribution is 2.29. The molecule has 0 radical (unpaired) electrons. The molecular formula is C12H10N2O4. The number of hydroxylamine groups is 1. The Hall–Kier alpha value is -2.34. The molecule has 0 spiro atoms. The van der Waals surface area contributed by atoms with Crippen LogP contribution < -0.4 is 5.48 Å². The number of furan rings is 1. The summed E-state index contributed by atoms with van der Waals surface area (Å²) >= 11 is 0. The molecule has 0 fully saturated rings. The fourth-order valence-electron chi connectivity index (χ4n) is 1.96. The first kappa shape index (κ1) is 10.8. The molecule has 18 heavy (non-hydrogen) atoms. The lowest BCUT2D eigenvalue weighted by Gasteiger charge is -1.91. The molecule has 2 N–H and O–H groups in total. The predicted molar refractivity (Wildman–Crippen MR) is 62.2 cm³/mol. The van der Waals surface area contributed by atoms with E-state index in [2.05, 4.69) is 4.98 Å². The molecule has 0 saturated heterocycles. The monoisotopic (exact) mass is 246 g/mol. The van der Waals surface area contributed by atoms with Gasteiger partial charge in [0.1, 0.15) is 17.5 Å². The van der Waals surface area contributed by atoms with Gasteiger partial charge in [0.05, 0.1) is 11.6 Å². The maximum atomic E-state index is 11.1. The standard InChI is InChI=1S/C12H10N2O4/c1-6-5-17-7-2-3-8-12(11(6)7)13-10(18-8)4-9(15)14-16/h2-3,5,16H,4H2,1H3,(H,14,15). The van der Waals surface area contributed by atoms with Gasteiger partial charge in [0.2, 0.25) is 5.89 Å². The SMILES string of the molecule is Cc1coc2ccc3oc(CC(=O)NO)nc3c12. The Labute approximate surface area is 101 Å². The number of carbonyl (C=O) groups excluding carboxylic acids is 1.